The zero-order valence-corrected chi connectivity index (χ0v) is 14.6. The van der Waals surface area contributed by atoms with Gasteiger partial charge in [0.15, 0.2) is 5.69 Å². The van der Waals surface area contributed by atoms with Crippen molar-refractivity contribution >= 4 is 5.91 Å². The fourth-order valence-corrected chi connectivity index (χ4v) is 2.97. The second kappa shape index (κ2) is 7.77. The Balaban J connectivity index is 1.73. The largest absolute Gasteiger partial charge is 0.435 e. The zero-order valence-electron chi connectivity index (χ0n) is 14.6. The Kier molecular flexibility index (Phi) is 5.46. The molecular weight excluding hydrogens is 344 g/mol. The van der Waals surface area contributed by atoms with Crippen LogP contribution in [0.3, 0.4) is 0 Å². The Hall–Kier alpha value is -2.55. The third kappa shape index (κ3) is 3.98. The van der Waals surface area contributed by atoms with Crippen LogP contribution >= 0.6 is 0 Å². The first-order valence-electron chi connectivity index (χ1n) is 8.45. The number of benzene rings is 1. The van der Waals surface area contributed by atoms with Crippen molar-refractivity contribution in [3.8, 4) is 11.4 Å². The van der Waals surface area contributed by atoms with E-state index in [2.05, 4.69) is 32.6 Å². The van der Waals surface area contributed by atoms with Crippen LogP contribution in [0, 0.1) is 12.8 Å². The molecule has 9 heteroatoms. The van der Waals surface area contributed by atoms with Crippen LogP contribution in [0.4, 0.5) is 8.78 Å². The van der Waals surface area contributed by atoms with Gasteiger partial charge in [0.05, 0.1) is 11.4 Å². The minimum atomic E-state index is -2.87. The zero-order chi connectivity index (χ0) is 18.7. The topological polar surface area (TPSA) is 81.1 Å². The summed E-state index contributed by atoms with van der Waals surface area (Å²) in [5, 5.41) is 14.3. The molecule has 1 fully saturated rings. The molecular formula is C17H21F2N5O2. The number of halogens is 2. The number of carbonyl (C=O) groups is 1. The molecule has 1 aromatic carbocycles. The van der Waals surface area contributed by atoms with E-state index in [1.807, 2.05) is 0 Å². The number of carbonyl (C=O) groups excluding carboxylic acids is 1. The summed E-state index contributed by atoms with van der Waals surface area (Å²) in [6, 6.07) is 6.03. The lowest BCUT2D eigenvalue weighted by molar-refractivity contribution is -0.0498. The second-order valence-corrected chi connectivity index (χ2v) is 6.36. The first kappa shape index (κ1) is 18.2. The molecule has 1 aliphatic heterocycles. The van der Waals surface area contributed by atoms with Gasteiger partial charge in [-0.2, -0.15) is 8.78 Å². The van der Waals surface area contributed by atoms with Crippen LogP contribution in [0.5, 0.6) is 5.75 Å². The number of aromatic nitrogens is 3. The van der Waals surface area contributed by atoms with E-state index in [4.69, 9.17) is 0 Å². The highest BCUT2D eigenvalue weighted by Crippen LogP contribution is 2.19. The Labute approximate surface area is 149 Å². The van der Waals surface area contributed by atoms with E-state index in [0.29, 0.717) is 17.3 Å². The molecule has 2 heterocycles. The van der Waals surface area contributed by atoms with E-state index in [9.17, 15) is 13.6 Å². The molecule has 3 rings (SSSR count). The van der Waals surface area contributed by atoms with E-state index in [-0.39, 0.29) is 23.4 Å². The molecule has 1 aromatic heterocycles. The van der Waals surface area contributed by atoms with E-state index >= 15 is 0 Å². The molecule has 0 aliphatic carbocycles. The standard InChI is InChI=1S/C17H21F2N5O2/c1-10-7-8-20-9-14(10)21-16(25)15-11(2)24(23-22-15)12-3-5-13(6-4-12)26-17(18)19/h3-6,10,14,17,20H,7-9H2,1-2H3,(H,21,25). The number of nitrogens with one attached hydrogen (secondary N) is 2. The van der Waals surface area contributed by atoms with Crippen LogP contribution in [0.2, 0.25) is 0 Å². The van der Waals surface area contributed by atoms with Gasteiger partial charge >= 0.3 is 6.61 Å². The van der Waals surface area contributed by atoms with Gasteiger partial charge in [-0.05, 0) is 50.1 Å². The monoisotopic (exact) mass is 365 g/mol. The number of nitrogens with zero attached hydrogens (tertiary/aromatic N) is 3. The van der Waals surface area contributed by atoms with E-state index in [0.717, 1.165) is 19.5 Å². The van der Waals surface area contributed by atoms with E-state index in [1.54, 1.807) is 19.1 Å². The lowest BCUT2D eigenvalue weighted by Gasteiger charge is -2.29. The van der Waals surface area contributed by atoms with Crippen LogP contribution in [-0.2, 0) is 0 Å². The molecule has 140 valence electrons. The molecule has 0 bridgehead atoms. The number of rotatable bonds is 5. The number of alkyl halides is 2. The molecule has 0 saturated carbocycles. The van der Waals surface area contributed by atoms with Crippen molar-refractivity contribution < 1.29 is 18.3 Å². The average Bonchev–Trinajstić information content (AvgIpc) is 2.99. The predicted octanol–water partition coefficient (Wildman–Crippen LogP) is 1.90. The van der Waals surface area contributed by atoms with Gasteiger partial charge in [0.2, 0.25) is 0 Å². The SMILES string of the molecule is Cc1c(C(=O)NC2CNCCC2C)nnn1-c1ccc(OC(F)F)cc1. The predicted molar refractivity (Wildman–Crippen MR) is 90.6 cm³/mol. The van der Waals surface area contributed by atoms with Gasteiger partial charge in [-0.15, -0.1) is 5.10 Å². The van der Waals surface area contributed by atoms with Crippen LogP contribution in [0.15, 0.2) is 24.3 Å². The number of piperidine rings is 1. The van der Waals surface area contributed by atoms with Crippen LogP contribution in [-0.4, -0.2) is 46.6 Å². The second-order valence-electron chi connectivity index (χ2n) is 6.36. The van der Waals surface area contributed by atoms with Crippen molar-refractivity contribution in [2.45, 2.75) is 32.9 Å². The molecule has 7 nitrogen and oxygen atoms in total. The molecule has 1 saturated heterocycles. The Morgan fingerprint density at radius 3 is 2.77 bits per heavy atom. The summed E-state index contributed by atoms with van der Waals surface area (Å²) in [5.74, 6) is 0.170. The smallest absolute Gasteiger partial charge is 0.387 e. The number of amides is 1. The summed E-state index contributed by atoms with van der Waals surface area (Å²) in [5.41, 5.74) is 1.42. The van der Waals surface area contributed by atoms with Crippen LogP contribution in [0.25, 0.3) is 5.69 Å². The normalized spacial score (nSPS) is 20.2. The highest BCUT2D eigenvalue weighted by Gasteiger charge is 2.25. The molecule has 2 unspecified atom stereocenters. The third-order valence-corrected chi connectivity index (χ3v) is 4.56. The summed E-state index contributed by atoms with van der Waals surface area (Å²) in [7, 11) is 0. The third-order valence-electron chi connectivity index (χ3n) is 4.56. The fraction of sp³-hybridized carbons (Fsp3) is 0.471. The molecule has 1 amide bonds. The Bertz CT molecular complexity index is 763. The lowest BCUT2D eigenvalue weighted by Crippen LogP contribution is -2.50. The minimum absolute atomic E-state index is 0.0478. The number of hydrogen-bond donors (Lipinski definition) is 2. The first-order valence-corrected chi connectivity index (χ1v) is 8.45. The summed E-state index contributed by atoms with van der Waals surface area (Å²) < 4.78 is 30.3. The minimum Gasteiger partial charge on any atom is -0.435 e. The van der Waals surface area contributed by atoms with Crippen molar-refractivity contribution in [3.05, 3.63) is 35.7 Å². The Morgan fingerprint density at radius 1 is 1.38 bits per heavy atom. The lowest BCUT2D eigenvalue weighted by atomic mass is 9.95. The van der Waals surface area contributed by atoms with Crippen molar-refractivity contribution in [3.63, 3.8) is 0 Å². The van der Waals surface area contributed by atoms with E-state index < -0.39 is 6.61 Å². The van der Waals surface area contributed by atoms with Crippen LogP contribution in [0.1, 0.15) is 29.5 Å². The molecule has 0 radical (unpaired) electrons. The molecule has 26 heavy (non-hydrogen) atoms. The molecule has 1 aliphatic rings. The average molecular weight is 365 g/mol. The van der Waals surface area contributed by atoms with Crippen molar-refractivity contribution in [1.82, 2.24) is 25.6 Å². The maximum absolute atomic E-state index is 12.5. The van der Waals surface area contributed by atoms with Crippen molar-refractivity contribution in [1.29, 1.82) is 0 Å². The van der Waals surface area contributed by atoms with Gasteiger partial charge in [-0.1, -0.05) is 12.1 Å². The summed E-state index contributed by atoms with van der Waals surface area (Å²) in [4.78, 5) is 12.5. The van der Waals surface area contributed by atoms with Gasteiger partial charge in [-0.3, -0.25) is 4.79 Å². The maximum atomic E-state index is 12.5. The quantitative estimate of drug-likeness (QED) is 0.846. The summed E-state index contributed by atoms with van der Waals surface area (Å²) in [6.45, 7) is 2.65. The van der Waals surface area contributed by atoms with Crippen LogP contribution < -0.4 is 15.4 Å². The van der Waals surface area contributed by atoms with Gasteiger partial charge in [0, 0.05) is 12.6 Å². The highest BCUT2D eigenvalue weighted by molar-refractivity contribution is 5.93. The molecule has 2 N–H and O–H groups in total. The van der Waals surface area contributed by atoms with E-state index in [1.165, 1.54) is 16.8 Å². The Morgan fingerprint density at radius 2 is 2.12 bits per heavy atom. The highest BCUT2D eigenvalue weighted by atomic mass is 19.3. The van der Waals surface area contributed by atoms with Gasteiger partial charge in [0.25, 0.3) is 5.91 Å². The maximum Gasteiger partial charge on any atom is 0.387 e. The molecule has 2 aromatic rings. The van der Waals surface area contributed by atoms with Gasteiger partial charge in [0.1, 0.15) is 5.75 Å². The van der Waals surface area contributed by atoms with Gasteiger partial charge < -0.3 is 15.4 Å². The van der Waals surface area contributed by atoms with Crippen molar-refractivity contribution in [2.24, 2.45) is 5.92 Å². The van der Waals surface area contributed by atoms with Crippen molar-refractivity contribution in [2.75, 3.05) is 13.1 Å². The first-order chi connectivity index (χ1) is 12.5. The number of ether oxygens (including phenoxy) is 1. The van der Waals surface area contributed by atoms with Gasteiger partial charge in [-0.25, -0.2) is 4.68 Å². The number of hydrogen-bond acceptors (Lipinski definition) is 5. The summed E-state index contributed by atoms with van der Waals surface area (Å²) >= 11 is 0. The molecule has 2 atom stereocenters. The molecule has 0 spiro atoms. The fourth-order valence-electron chi connectivity index (χ4n) is 2.97. The summed E-state index contributed by atoms with van der Waals surface area (Å²) in [6.07, 6.45) is 1.00.